The molecule has 1 aromatic carbocycles. The van der Waals surface area contributed by atoms with Crippen LogP contribution in [0.15, 0.2) is 24.3 Å². The Bertz CT molecular complexity index is 767. The summed E-state index contributed by atoms with van der Waals surface area (Å²) in [6, 6.07) is 3.33. The SMILES string of the molecule is CC1(C)C(=O)N(c2ccc(C=CC(=O)O)c(F)c2)S1(=O)=O. The number of sulfonamides is 1. The summed E-state index contributed by atoms with van der Waals surface area (Å²) in [6.45, 7) is 2.56. The summed E-state index contributed by atoms with van der Waals surface area (Å²) >= 11 is 0. The van der Waals surface area contributed by atoms with Gasteiger partial charge in [-0.3, -0.25) is 4.79 Å². The molecule has 0 unspecified atom stereocenters. The zero-order valence-electron chi connectivity index (χ0n) is 11.2. The lowest BCUT2D eigenvalue weighted by Gasteiger charge is -2.42. The van der Waals surface area contributed by atoms with E-state index < -0.39 is 32.5 Å². The molecule has 1 N–H and O–H groups in total. The second-order valence-electron chi connectivity index (χ2n) is 4.96. The fourth-order valence-electron chi connectivity index (χ4n) is 1.85. The van der Waals surface area contributed by atoms with Gasteiger partial charge in [0.25, 0.3) is 15.9 Å². The van der Waals surface area contributed by atoms with E-state index in [0.29, 0.717) is 4.31 Å². The highest BCUT2D eigenvalue weighted by Gasteiger charge is 2.60. The van der Waals surface area contributed by atoms with Gasteiger partial charge >= 0.3 is 5.97 Å². The summed E-state index contributed by atoms with van der Waals surface area (Å²) in [6.07, 6.45) is 1.80. The van der Waals surface area contributed by atoms with Crippen LogP contribution < -0.4 is 4.31 Å². The van der Waals surface area contributed by atoms with Crippen LogP contribution in [0.1, 0.15) is 19.4 Å². The maximum atomic E-state index is 13.8. The van der Waals surface area contributed by atoms with E-state index in [-0.39, 0.29) is 11.3 Å². The third-order valence-electron chi connectivity index (χ3n) is 3.21. The van der Waals surface area contributed by atoms with Crippen molar-refractivity contribution in [2.45, 2.75) is 18.6 Å². The molecule has 0 spiro atoms. The maximum Gasteiger partial charge on any atom is 0.328 e. The average Bonchev–Trinajstić information content (AvgIpc) is 2.37. The number of carbonyl (C=O) groups is 2. The molecule has 8 heteroatoms. The number of halogens is 1. The molecule has 1 heterocycles. The van der Waals surface area contributed by atoms with Gasteiger partial charge in [-0.25, -0.2) is 21.9 Å². The molecule has 0 aromatic heterocycles. The van der Waals surface area contributed by atoms with Crippen molar-refractivity contribution in [2.75, 3.05) is 4.31 Å². The summed E-state index contributed by atoms with van der Waals surface area (Å²) in [5.41, 5.74) is -0.130. The number of hydrogen-bond donors (Lipinski definition) is 1. The van der Waals surface area contributed by atoms with Crippen LogP contribution in [0.2, 0.25) is 0 Å². The highest BCUT2D eigenvalue weighted by Crippen LogP contribution is 2.39. The molecule has 1 saturated heterocycles. The van der Waals surface area contributed by atoms with E-state index in [1.807, 2.05) is 0 Å². The van der Waals surface area contributed by atoms with Gasteiger partial charge in [-0.05, 0) is 38.1 Å². The molecule has 1 fully saturated rings. The predicted octanol–water partition coefficient (Wildman–Crippen LogP) is 1.38. The predicted molar refractivity (Wildman–Crippen MR) is 73.6 cm³/mol. The largest absolute Gasteiger partial charge is 0.478 e. The summed E-state index contributed by atoms with van der Waals surface area (Å²) in [4.78, 5) is 22.2. The van der Waals surface area contributed by atoms with Crippen molar-refractivity contribution in [1.29, 1.82) is 0 Å². The Morgan fingerprint density at radius 2 is 2.00 bits per heavy atom. The van der Waals surface area contributed by atoms with Gasteiger partial charge in [0.05, 0.1) is 5.69 Å². The summed E-state index contributed by atoms with van der Waals surface area (Å²) < 4.78 is 36.8. The molecule has 112 valence electrons. The van der Waals surface area contributed by atoms with Crippen molar-refractivity contribution >= 4 is 33.7 Å². The van der Waals surface area contributed by atoms with Crippen molar-refractivity contribution in [3.05, 3.63) is 35.7 Å². The third-order valence-corrected chi connectivity index (χ3v) is 5.53. The van der Waals surface area contributed by atoms with Gasteiger partial charge in [0, 0.05) is 11.6 Å². The van der Waals surface area contributed by atoms with Crippen LogP contribution in [-0.2, 0) is 19.6 Å². The van der Waals surface area contributed by atoms with E-state index in [0.717, 1.165) is 18.2 Å². The van der Waals surface area contributed by atoms with Gasteiger partial charge in [-0.2, -0.15) is 0 Å². The Hall–Kier alpha value is -2.22. The van der Waals surface area contributed by atoms with E-state index in [4.69, 9.17) is 5.11 Å². The number of carboxylic acids is 1. The fourth-order valence-corrected chi connectivity index (χ4v) is 3.32. The molecule has 0 saturated carbocycles. The molecule has 1 aliphatic rings. The molecule has 6 nitrogen and oxygen atoms in total. The topological polar surface area (TPSA) is 91.8 Å². The number of carboxylic acid groups (broad SMARTS) is 1. The van der Waals surface area contributed by atoms with Crippen molar-refractivity contribution in [1.82, 2.24) is 0 Å². The Morgan fingerprint density at radius 3 is 2.48 bits per heavy atom. The van der Waals surface area contributed by atoms with E-state index in [1.165, 1.54) is 26.0 Å². The normalized spacial score (nSPS) is 19.6. The highest BCUT2D eigenvalue weighted by molar-refractivity contribution is 7.98. The monoisotopic (exact) mass is 313 g/mol. The number of anilines is 1. The minimum Gasteiger partial charge on any atom is -0.478 e. The van der Waals surface area contributed by atoms with Crippen LogP contribution in [0.3, 0.4) is 0 Å². The molecule has 0 radical (unpaired) electrons. The number of rotatable bonds is 3. The summed E-state index contributed by atoms with van der Waals surface area (Å²) in [7, 11) is -3.85. The summed E-state index contributed by atoms with van der Waals surface area (Å²) in [5, 5.41) is 8.48. The van der Waals surface area contributed by atoms with E-state index in [1.54, 1.807) is 0 Å². The lowest BCUT2D eigenvalue weighted by atomic mass is 10.1. The minimum atomic E-state index is -3.85. The van der Waals surface area contributed by atoms with Crippen LogP contribution >= 0.6 is 0 Å². The third kappa shape index (κ3) is 2.21. The number of hydrogen-bond acceptors (Lipinski definition) is 4. The van der Waals surface area contributed by atoms with Crippen molar-refractivity contribution in [3.63, 3.8) is 0 Å². The molecular weight excluding hydrogens is 301 g/mol. The zero-order valence-corrected chi connectivity index (χ0v) is 12.0. The lowest BCUT2D eigenvalue weighted by molar-refractivity contribution is -0.131. The molecule has 0 aliphatic carbocycles. The quantitative estimate of drug-likeness (QED) is 0.851. The number of aliphatic carboxylic acids is 1. The minimum absolute atomic E-state index is 0.0224. The molecule has 1 amide bonds. The number of benzene rings is 1. The molecule has 2 rings (SSSR count). The number of nitrogens with zero attached hydrogens (tertiary/aromatic N) is 1. The Balaban J connectivity index is 2.39. The molecule has 1 aliphatic heterocycles. The van der Waals surface area contributed by atoms with Crippen molar-refractivity contribution in [2.24, 2.45) is 0 Å². The van der Waals surface area contributed by atoms with Crippen molar-refractivity contribution < 1.29 is 27.5 Å². The van der Waals surface area contributed by atoms with Crippen LogP contribution in [-0.4, -0.2) is 30.1 Å². The fraction of sp³-hybridized carbons (Fsp3) is 0.231. The van der Waals surface area contributed by atoms with Crippen LogP contribution in [0.25, 0.3) is 6.08 Å². The second-order valence-corrected chi connectivity index (χ2v) is 7.30. The van der Waals surface area contributed by atoms with Gasteiger partial charge in [0.1, 0.15) is 5.82 Å². The Morgan fingerprint density at radius 1 is 1.38 bits per heavy atom. The average molecular weight is 313 g/mol. The first-order chi connectivity index (χ1) is 9.59. The smallest absolute Gasteiger partial charge is 0.328 e. The second kappa shape index (κ2) is 4.66. The van der Waals surface area contributed by atoms with Gasteiger partial charge in [-0.15, -0.1) is 0 Å². The summed E-state index contributed by atoms with van der Waals surface area (Å²) in [5.74, 6) is -2.70. The highest BCUT2D eigenvalue weighted by atomic mass is 32.2. The first-order valence-electron chi connectivity index (χ1n) is 5.89. The van der Waals surface area contributed by atoms with Crippen LogP contribution in [0, 0.1) is 5.82 Å². The first-order valence-corrected chi connectivity index (χ1v) is 7.33. The standard InChI is InChI=1S/C13H12FNO5S/c1-13(2)12(18)15(21(13,19)20)9-5-3-8(10(14)7-9)4-6-11(16)17/h3-7H,1-2H3,(H,16,17). The first kappa shape index (κ1) is 15.2. The van der Waals surface area contributed by atoms with Gasteiger partial charge < -0.3 is 5.11 Å². The van der Waals surface area contributed by atoms with Gasteiger partial charge in [-0.1, -0.05) is 0 Å². The Kier molecular flexibility index (Phi) is 3.37. The van der Waals surface area contributed by atoms with E-state index in [2.05, 4.69) is 0 Å². The molecule has 0 bridgehead atoms. The van der Waals surface area contributed by atoms with Gasteiger partial charge in [0.15, 0.2) is 4.75 Å². The molecule has 0 atom stereocenters. The Labute approximate surface area is 120 Å². The van der Waals surface area contributed by atoms with Crippen LogP contribution in [0.5, 0.6) is 0 Å². The van der Waals surface area contributed by atoms with Crippen LogP contribution in [0.4, 0.5) is 10.1 Å². The van der Waals surface area contributed by atoms with E-state index >= 15 is 0 Å². The van der Waals surface area contributed by atoms with E-state index in [9.17, 15) is 22.4 Å². The number of amides is 1. The van der Waals surface area contributed by atoms with Gasteiger partial charge in [0.2, 0.25) is 0 Å². The molecule has 1 aromatic rings. The van der Waals surface area contributed by atoms with Crippen molar-refractivity contribution in [3.8, 4) is 0 Å². The molecule has 21 heavy (non-hydrogen) atoms. The molecular formula is C13H12FNO5S. The maximum absolute atomic E-state index is 13.8. The lowest BCUT2D eigenvalue weighted by Crippen LogP contribution is -2.67. The zero-order chi connectivity index (χ0) is 16.0. The number of carbonyl (C=O) groups excluding carboxylic acids is 1.